The second kappa shape index (κ2) is 3.52. The Bertz CT molecular complexity index is 485. The predicted molar refractivity (Wildman–Crippen MR) is 52.3 cm³/mol. The van der Waals surface area contributed by atoms with E-state index in [1.54, 1.807) is 24.9 Å². The number of carbonyl (C=O) groups is 1. The Balaban J connectivity index is 2.14. The molecule has 7 nitrogen and oxygen atoms in total. The Labute approximate surface area is 85.6 Å². The van der Waals surface area contributed by atoms with E-state index in [1.807, 2.05) is 0 Å². The number of aromatic amines is 1. The van der Waals surface area contributed by atoms with Gasteiger partial charge in [-0.15, -0.1) is 5.10 Å². The Morgan fingerprint density at radius 3 is 2.93 bits per heavy atom. The number of nitrogens with one attached hydrogen (secondary N) is 2. The minimum absolute atomic E-state index is 0.263. The van der Waals surface area contributed by atoms with Gasteiger partial charge in [0.2, 0.25) is 5.95 Å². The number of hydrogen-bond acceptors (Lipinski definition) is 4. The molecule has 1 amide bonds. The largest absolute Gasteiger partial charge is 0.330 e. The summed E-state index contributed by atoms with van der Waals surface area (Å²) in [5.74, 6) is 0.628. The molecule has 0 bridgehead atoms. The number of rotatable bonds is 2. The van der Waals surface area contributed by atoms with Crippen LogP contribution in [0.15, 0.2) is 12.5 Å². The fourth-order valence-electron chi connectivity index (χ4n) is 1.14. The fourth-order valence-corrected chi connectivity index (χ4v) is 1.14. The van der Waals surface area contributed by atoms with Gasteiger partial charge >= 0.3 is 0 Å². The van der Waals surface area contributed by atoms with Gasteiger partial charge in [0.05, 0.1) is 12.5 Å². The van der Waals surface area contributed by atoms with Crippen molar-refractivity contribution in [2.45, 2.75) is 6.92 Å². The lowest BCUT2D eigenvalue weighted by Gasteiger charge is -2.00. The van der Waals surface area contributed by atoms with Crippen molar-refractivity contribution in [1.29, 1.82) is 0 Å². The summed E-state index contributed by atoms with van der Waals surface area (Å²) in [6, 6.07) is 0. The van der Waals surface area contributed by atoms with Crippen LogP contribution in [-0.4, -0.2) is 30.6 Å². The summed E-state index contributed by atoms with van der Waals surface area (Å²) in [7, 11) is 1.74. The highest BCUT2D eigenvalue weighted by Gasteiger charge is 2.11. The molecule has 2 heterocycles. The number of imidazole rings is 1. The van der Waals surface area contributed by atoms with Crippen LogP contribution in [0.5, 0.6) is 0 Å². The second-order valence-electron chi connectivity index (χ2n) is 3.09. The molecular weight excluding hydrogens is 196 g/mol. The second-order valence-corrected chi connectivity index (χ2v) is 3.09. The van der Waals surface area contributed by atoms with Crippen LogP contribution in [0, 0.1) is 6.92 Å². The maximum atomic E-state index is 11.6. The van der Waals surface area contributed by atoms with Gasteiger partial charge in [0, 0.05) is 7.05 Å². The molecule has 0 radical (unpaired) electrons. The van der Waals surface area contributed by atoms with Gasteiger partial charge in [0.25, 0.3) is 5.91 Å². The van der Waals surface area contributed by atoms with Crippen LogP contribution in [0.25, 0.3) is 0 Å². The molecule has 0 unspecified atom stereocenters. The zero-order valence-corrected chi connectivity index (χ0v) is 8.35. The molecule has 0 aromatic carbocycles. The van der Waals surface area contributed by atoms with Crippen LogP contribution < -0.4 is 5.32 Å². The van der Waals surface area contributed by atoms with Crippen LogP contribution >= 0.6 is 0 Å². The van der Waals surface area contributed by atoms with E-state index in [2.05, 4.69) is 25.5 Å². The molecule has 0 fully saturated rings. The van der Waals surface area contributed by atoms with Gasteiger partial charge < -0.3 is 4.57 Å². The number of aryl methyl sites for hydroxylation is 2. The maximum Gasteiger partial charge on any atom is 0.276 e. The van der Waals surface area contributed by atoms with Crippen molar-refractivity contribution in [3.63, 3.8) is 0 Å². The summed E-state index contributed by atoms with van der Waals surface area (Å²) in [5, 5.41) is 8.99. The zero-order valence-electron chi connectivity index (χ0n) is 8.35. The monoisotopic (exact) mass is 206 g/mol. The molecule has 0 saturated carbocycles. The molecule has 2 N–H and O–H groups in total. The molecule has 2 aromatic heterocycles. The predicted octanol–water partition coefficient (Wildman–Crippen LogP) is 0.0989. The van der Waals surface area contributed by atoms with Gasteiger partial charge in [-0.1, -0.05) is 0 Å². The van der Waals surface area contributed by atoms with Crippen molar-refractivity contribution < 1.29 is 4.79 Å². The fraction of sp³-hybridized carbons (Fsp3) is 0.250. The van der Waals surface area contributed by atoms with Crippen molar-refractivity contribution in [1.82, 2.24) is 24.7 Å². The van der Waals surface area contributed by atoms with Crippen molar-refractivity contribution in [3.8, 4) is 0 Å². The standard InChI is InChI=1S/C8H10N6O/c1-5-10-8(13-12-5)11-7(15)6-3-9-4-14(6)2/h3-4H,1-2H3,(H2,10,11,12,13,15). The van der Waals surface area contributed by atoms with E-state index in [9.17, 15) is 4.79 Å². The first kappa shape index (κ1) is 9.38. The first-order chi connectivity index (χ1) is 7.16. The first-order valence-electron chi connectivity index (χ1n) is 4.33. The van der Waals surface area contributed by atoms with Crippen LogP contribution in [0.4, 0.5) is 5.95 Å². The SMILES string of the molecule is Cc1nc(NC(=O)c2cncn2C)n[nH]1. The quantitative estimate of drug-likeness (QED) is 0.729. The summed E-state index contributed by atoms with van der Waals surface area (Å²) < 4.78 is 1.62. The molecule has 0 aliphatic heterocycles. The number of H-pyrrole nitrogens is 1. The highest BCUT2D eigenvalue weighted by atomic mass is 16.2. The molecule has 0 spiro atoms. The van der Waals surface area contributed by atoms with E-state index >= 15 is 0 Å². The van der Waals surface area contributed by atoms with Crippen molar-refractivity contribution in [3.05, 3.63) is 24.0 Å². The average molecular weight is 206 g/mol. The Morgan fingerprint density at radius 1 is 1.60 bits per heavy atom. The number of aromatic nitrogens is 5. The highest BCUT2D eigenvalue weighted by Crippen LogP contribution is 2.02. The first-order valence-corrected chi connectivity index (χ1v) is 4.33. The average Bonchev–Trinajstić information content (AvgIpc) is 2.75. The molecule has 2 aromatic rings. The number of anilines is 1. The Hall–Kier alpha value is -2.18. The van der Waals surface area contributed by atoms with E-state index in [0.717, 1.165) is 0 Å². The zero-order chi connectivity index (χ0) is 10.8. The summed E-state index contributed by atoms with van der Waals surface area (Å²) >= 11 is 0. The van der Waals surface area contributed by atoms with Crippen molar-refractivity contribution in [2.24, 2.45) is 7.05 Å². The minimum Gasteiger partial charge on any atom is -0.330 e. The van der Waals surface area contributed by atoms with Crippen molar-refractivity contribution >= 4 is 11.9 Å². The Morgan fingerprint density at radius 2 is 2.40 bits per heavy atom. The van der Waals surface area contributed by atoms with E-state index in [-0.39, 0.29) is 11.9 Å². The van der Waals surface area contributed by atoms with Crippen LogP contribution in [0.1, 0.15) is 16.3 Å². The molecule has 2 rings (SSSR count). The lowest BCUT2D eigenvalue weighted by molar-refractivity contribution is 0.101. The van der Waals surface area contributed by atoms with Crippen molar-refractivity contribution in [2.75, 3.05) is 5.32 Å². The van der Waals surface area contributed by atoms with Crippen LogP contribution in [0.3, 0.4) is 0 Å². The molecule has 0 aliphatic carbocycles. The normalized spacial score (nSPS) is 10.3. The molecule has 0 atom stereocenters. The molecule has 78 valence electrons. The smallest absolute Gasteiger partial charge is 0.276 e. The summed E-state index contributed by atoms with van der Waals surface area (Å²) in [6.45, 7) is 1.76. The van der Waals surface area contributed by atoms with Gasteiger partial charge in [-0.25, -0.2) is 4.98 Å². The molecule has 0 aliphatic rings. The third-order valence-electron chi connectivity index (χ3n) is 1.87. The minimum atomic E-state index is -0.283. The lowest BCUT2D eigenvalue weighted by Crippen LogP contribution is -2.16. The van der Waals surface area contributed by atoms with E-state index < -0.39 is 0 Å². The van der Waals surface area contributed by atoms with Crippen LogP contribution in [-0.2, 0) is 7.05 Å². The number of amides is 1. The van der Waals surface area contributed by atoms with Crippen LogP contribution in [0.2, 0.25) is 0 Å². The number of hydrogen-bond donors (Lipinski definition) is 2. The molecule has 7 heteroatoms. The third-order valence-corrected chi connectivity index (χ3v) is 1.87. The third kappa shape index (κ3) is 1.85. The number of carbonyl (C=O) groups excluding carboxylic acids is 1. The number of nitrogens with zero attached hydrogens (tertiary/aromatic N) is 4. The summed E-state index contributed by atoms with van der Waals surface area (Å²) in [5.41, 5.74) is 0.456. The van der Waals surface area contributed by atoms with Gasteiger partial charge in [-0.2, -0.15) is 4.98 Å². The van der Waals surface area contributed by atoms with Gasteiger partial charge in [-0.3, -0.25) is 15.2 Å². The van der Waals surface area contributed by atoms with E-state index in [1.165, 1.54) is 6.20 Å². The van der Waals surface area contributed by atoms with Gasteiger partial charge in [0.15, 0.2) is 0 Å². The van der Waals surface area contributed by atoms with E-state index in [4.69, 9.17) is 0 Å². The Kier molecular flexibility index (Phi) is 2.20. The maximum absolute atomic E-state index is 11.6. The lowest BCUT2D eigenvalue weighted by atomic mass is 10.4. The van der Waals surface area contributed by atoms with E-state index in [0.29, 0.717) is 11.5 Å². The molecule has 0 saturated heterocycles. The molecule has 15 heavy (non-hydrogen) atoms. The van der Waals surface area contributed by atoms with Gasteiger partial charge in [-0.05, 0) is 6.92 Å². The highest BCUT2D eigenvalue weighted by molar-refractivity contribution is 6.01. The topological polar surface area (TPSA) is 88.5 Å². The van der Waals surface area contributed by atoms with Gasteiger partial charge in [0.1, 0.15) is 11.5 Å². The summed E-state index contributed by atoms with van der Waals surface area (Å²) in [6.07, 6.45) is 3.03. The summed E-state index contributed by atoms with van der Waals surface area (Å²) in [4.78, 5) is 19.4. The molecular formula is C8H10N6O.